The van der Waals surface area contributed by atoms with Crippen molar-refractivity contribution in [2.75, 3.05) is 26.5 Å². The van der Waals surface area contributed by atoms with Crippen LogP contribution in [0.3, 0.4) is 0 Å². The molecule has 0 atom stereocenters. The second-order valence-corrected chi connectivity index (χ2v) is 6.12. The molecule has 1 N–H and O–H groups in total. The molecular formula is C20H20N2O4. The van der Waals surface area contributed by atoms with Gasteiger partial charge in [-0.25, -0.2) is 0 Å². The lowest BCUT2D eigenvalue weighted by molar-refractivity contribution is 0.0827. The van der Waals surface area contributed by atoms with Gasteiger partial charge in [0.2, 0.25) is 0 Å². The maximum Gasteiger partial charge on any atom is 0.291 e. The normalized spacial score (nSPS) is 10.6. The molecule has 0 radical (unpaired) electrons. The largest absolute Gasteiger partial charge is 0.495 e. The zero-order chi connectivity index (χ0) is 18.8. The predicted molar refractivity (Wildman–Crippen MR) is 99.9 cm³/mol. The third kappa shape index (κ3) is 3.13. The molecule has 0 aliphatic heterocycles. The van der Waals surface area contributed by atoms with Crippen LogP contribution in [0.2, 0.25) is 0 Å². The van der Waals surface area contributed by atoms with E-state index in [1.54, 1.807) is 32.3 Å². The summed E-state index contributed by atoms with van der Waals surface area (Å²) in [6, 6.07) is 12.4. The molecule has 2 amide bonds. The van der Waals surface area contributed by atoms with Gasteiger partial charge in [-0.05, 0) is 31.2 Å². The number of methoxy groups -OCH3 is 1. The van der Waals surface area contributed by atoms with Crippen molar-refractivity contribution < 1.29 is 18.7 Å². The number of aryl methyl sites for hydroxylation is 1. The van der Waals surface area contributed by atoms with E-state index in [4.69, 9.17) is 9.15 Å². The fourth-order valence-electron chi connectivity index (χ4n) is 2.77. The molecule has 1 aromatic heterocycles. The van der Waals surface area contributed by atoms with Gasteiger partial charge in [-0.15, -0.1) is 0 Å². The Morgan fingerprint density at radius 2 is 1.85 bits per heavy atom. The van der Waals surface area contributed by atoms with Crippen LogP contribution in [0.4, 0.5) is 5.69 Å². The number of rotatable bonds is 4. The number of carbonyl (C=O) groups excluding carboxylic acids is 2. The number of nitrogens with one attached hydrogen (secondary N) is 1. The highest BCUT2D eigenvalue weighted by molar-refractivity contribution is 6.07. The van der Waals surface area contributed by atoms with E-state index in [1.165, 1.54) is 12.0 Å². The first-order valence-corrected chi connectivity index (χ1v) is 8.11. The number of amides is 2. The number of hydrogen-bond donors (Lipinski definition) is 1. The van der Waals surface area contributed by atoms with Crippen molar-refractivity contribution in [3.63, 3.8) is 0 Å². The average molecular weight is 352 g/mol. The third-order valence-corrected chi connectivity index (χ3v) is 4.15. The summed E-state index contributed by atoms with van der Waals surface area (Å²) >= 11 is 0. The lowest BCUT2D eigenvalue weighted by atomic mass is 10.1. The van der Waals surface area contributed by atoms with Gasteiger partial charge >= 0.3 is 0 Å². The summed E-state index contributed by atoms with van der Waals surface area (Å²) in [5.41, 5.74) is 2.27. The van der Waals surface area contributed by atoms with Crippen LogP contribution in [0.15, 0.2) is 46.9 Å². The van der Waals surface area contributed by atoms with Crippen molar-refractivity contribution in [2.45, 2.75) is 6.92 Å². The zero-order valence-corrected chi connectivity index (χ0v) is 15.1. The molecule has 0 bridgehead atoms. The molecule has 3 aromatic rings. The van der Waals surface area contributed by atoms with Crippen LogP contribution < -0.4 is 10.1 Å². The van der Waals surface area contributed by atoms with Gasteiger partial charge in [0.25, 0.3) is 11.8 Å². The Labute approximate surface area is 151 Å². The van der Waals surface area contributed by atoms with E-state index >= 15 is 0 Å². The second kappa shape index (κ2) is 6.92. The van der Waals surface area contributed by atoms with Gasteiger partial charge in [0.1, 0.15) is 11.3 Å². The third-order valence-electron chi connectivity index (χ3n) is 4.15. The van der Waals surface area contributed by atoms with E-state index in [1.807, 2.05) is 31.2 Å². The van der Waals surface area contributed by atoms with Crippen LogP contribution in [0.25, 0.3) is 11.0 Å². The maximum absolute atomic E-state index is 12.7. The summed E-state index contributed by atoms with van der Waals surface area (Å²) in [5, 5.41) is 3.68. The average Bonchev–Trinajstić information content (AvgIpc) is 2.98. The van der Waals surface area contributed by atoms with E-state index in [2.05, 4.69) is 5.32 Å². The predicted octanol–water partition coefficient (Wildman–Crippen LogP) is 3.70. The molecule has 0 aliphatic carbocycles. The summed E-state index contributed by atoms with van der Waals surface area (Å²) in [6.45, 7) is 1.84. The number of benzene rings is 2. The molecule has 0 unspecified atom stereocenters. The van der Waals surface area contributed by atoms with Crippen molar-refractivity contribution in [2.24, 2.45) is 0 Å². The molecule has 0 saturated heterocycles. The zero-order valence-electron chi connectivity index (χ0n) is 15.1. The SMILES string of the molecule is COc1ccc(C(=O)N(C)C)cc1NC(=O)c1oc2ccccc2c1C. The number of para-hydroxylation sites is 1. The highest BCUT2D eigenvalue weighted by atomic mass is 16.5. The highest BCUT2D eigenvalue weighted by Crippen LogP contribution is 2.29. The minimum Gasteiger partial charge on any atom is -0.495 e. The fraction of sp³-hybridized carbons (Fsp3) is 0.200. The van der Waals surface area contributed by atoms with Gasteiger partial charge in [0, 0.05) is 30.6 Å². The quantitative estimate of drug-likeness (QED) is 0.777. The Morgan fingerprint density at radius 3 is 2.50 bits per heavy atom. The van der Waals surface area contributed by atoms with Gasteiger partial charge in [0.05, 0.1) is 12.8 Å². The van der Waals surface area contributed by atoms with Crippen LogP contribution in [-0.2, 0) is 0 Å². The Bertz CT molecular complexity index is 989. The van der Waals surface area contributed by atoms with Crippen molar-refractivity contribution in [3.8, 4) is 5.75 Å². The molecule has 0 fully saturated rings. The van der Waals surface area contributed by atoms with Crippen molar-refractivity contribution >= 4 is 28.5 Å². The number of carbonyl (C=O) groups is 2. The molecule has 0 aliphatic rings. The molecule has 134 valence electrons. The van der Waals surface area contributed by atoms with Crippen molar-refractivity contribution in [1.29, 1.82) is 0 Å². The summed E-state index contributed by atoms with van der Waals surface area (Å²) in [5.74, 6) is 0.134. The first-order chi connectivity index (χ1) is 12.4. The summed E-state index contributed by atoms with van der Waals surface area (Å²) in [6.07, 6.45) is 0. The van der Waals surface area contributed by atoms with Gasteiger partial charge in [-0.3, -0.25) is 9.59 Å². The maximum atomic E-state index is 12.7. The number of ether oxygens (including phenoxy) is 1. The Balaban J connectivity index is 1.96. The molecule has 6 heteroatoms. The number of hydrogen-bond acceptors (Lipinski definition) is 4. The van der Waals surface area contributed by atoms with Gasteiger partial charge in [0.15, 0.2) is 5.76 Å². The van der Waals surface area contributed by atoms with Crippen molar-refractivity contribution in [1.82, 2.24) is 4.90 Å². The van der Waals surface area contributed by atoms with Crippen molar-refractivity contribution in [3.05, 3.63) is 59.4 Å². The Kier molecular flexibility index (Phi) is 4.67. The summed E-state index contributed by atoms with van der Waals surface area (Å²) in [7, 11) is 4.84. The number of furan rings is 1. The topological polar surface area (TPSA) is 71.8 Å². The lowest BCUT2D eigenvalue weighted by Crippen LogP contribution is -2.22. The van der Waals surface area contributed by atoms with E-state index < -0.39 is 5.91 Å². The van der Waals surface area contributed by atoms with Crippen LogP contribution in [0.1, 0.15) is 26.5 Å². The Morgan fingerprint density at radius 1 is 1.12 bits per heavy atom. The van der Waals surface area contributed by atoms with E-state index in [9.17, 15) is 9.59 Å². The first kappa shape index (κ1) is 17.5. The molecule has 3 rings (SSSR count). The molecular weight excluding hydrogens is 332 g/mol. The molecule has 2 aromatic carbocycles. The van der Waals surface area contributed by atoms with Crippen LogP contribution >= 0.6 is 0 Å². The van der Waals surface area contributed by atoms with E-state index in [0.717, 1.165) is 10.9 Å². The van der Waals surface area contributed by atoms with Crippen LogP contribution in [-0.4, -0.2) is 37.9 Å². The number of fused-ring (bicyclic) bond motifs is 1. The van der Waals surface area contributed by atoms with Gasteiger partial charge in [-0.1, -0.05) is 18.2 Å². The summed E-state index contributed by atoms with van der Waals surface area (Å²) < 4.78 is 11.0. The summed E-state index contributed by atoms with van der Waals surface area (Å²) in [4.78, 5) is 26.4. The highest BCUT2D eigenvalue weighted by Gasteiger charge is 2.20. The molecule has 1 heterocycles. The molecule has 0 saturated carbocycles. The minimum absolute atomic E-state index is 0.164. The van der Waals surface area contributed by atoms with E-state index in [0.29, 0.717) is 22.6 Å². The fourth-order valence-corrected chi connectivity index (χ4v) is 2.77. The monoisotopic (exact) mass is 352 g/mol. The smallest absolute Gasteiger partial charge is 0.291 e. The van der Waals surface area contributed by atoms with Crippen LogP contribution in [0, 0.1) is 6.92 Å². The molecule has 26 heavy (non-hydrogen) atoms. The van der Waals surface area contributed by atoms with E-state index in [-0.39, 0.29) is 11.7 Å². The second-order valence-electron chi connectivity index (χ2n) is 6.12. The first-order valence-electron chi connectivity index (χ1n) is 8.11. The molecule has 0 spiro atoms. The number of anilines is 1. The minimum atomic E-state index is -0.397. The van der Waals surface area contributed by atoms with Gasteiger partial charge in [-0.2, -0.15) is 0 Å². The lowest BCUT2D eigenvalue weighted by Gasteiger charge is -2.14. The van der Waals surface area contributed by atoms with Crippen LogP contribution in [0.5, 0.6) is 5.75 Å². The van der Waals surface area contributed by atoms with Gasteiger partial charge < -0.3 is 19.4 Å². The standard InChI is InChI=1S/C20H20N2O4/c1-12-14-7-5-6-8-16(14)26-18(12)19(23)21-15-11-13(20(24)22(2)3)9-10-17(15)25-4/h5-11H,1-4H3,(H,21,23). The number of nitrogens with zero attached hydrogens (tertiary/aromatic N) is 1. The Hall–Kier alpha value is -3.28. The molecule has 6 nitrogen and oxygen atoms in total.